The smallest absolute Gasteiger partial charge is 0.135 e. The molecule has 0 bridgehead atoms. The van der Waals surface area contributed by atoms with Crippen LogP contribution in [0.3, 0.4) is 0 Å². The Morgan fingerprint density at radius 1 is 1.05 bits per heavy atom. The molecule has 112 valence electrons. The number of hydrogen-bond acceptors (Lipinski definition) is 5. The van der Waals surface area contributed by atoms with E-state index in [4.69, 9.17) is 0 Å². The van der Waals surface area contributed by atoms with Gasteiger partial charge in [-0.05, 0) is 31.1 Å². The van der Waals surface area contributed by atoms with E-state index in [1.807, 2.05) is 32.2 Å². The summed E-state index contributed by atoms with van der Waals surface area (Å²) in [4.78, 5) is 10.3. The highest BCUT2D eigenvalue weighted by Gasteiger charge is 2.16. The minimum absolute atomic E-state index is 1.04. The molecule has 21 heavy (non-hydrogen) atoms. The second-order valence-electron chi connectivity index (χ2n) is 5.70. The molecule has 0 aliphatic carbocycles. The second kappa shape index (κ2) is 6.22. The number of benzene rings is 1. The molecule has 1 aliphatic rings. The van der Waals surface area contributed by atoms with Crippen molar-refractivity contribution in [1.29, 1.82) is 0 Å². The maximum Gasteiger partial charge on any atom is 0.135 e. The number of fused-ring (bicyclic) bond motifs is 1. The Morgan fingerprint density at radius 2 is 1.81 bits per heavy atom. The SMILES string of the molecule is CN1CCN(Sc2cccc3c(N(C)C)nccc23)CC1. The van der Waals surface area contributed by atoms with E-state index in [2.05, 4.69) is 50.4 Å². The molecule has 0 spiro atoms. The summed E-state index contributed by atoms with van der Waals surface area (Å²) in [5, 5.41) is 2.52. The first-order valence-electron chi connectivity index (χ1n) is 7.31. The lowest BCUT2D eigenvalue weighted by atomic mass is 10.1. The molecular weight excluding hydrogens is 280 g/mol. The quantitative estimate of drug-likeness (QED) is 0.811. The number of pyridine rings is 1. The van der Waals surface area contributed by atoms with Crippen LogP contribution in [0.2, 0.25) is 0 Å². The van der Waals surface area contributed by atoms with Crippen molar-refractivity contribution in [2.24, 2.45) is 0 Å². The topological polar surface area (TPSA) is 22.6 Å². The summed E-state index contributed by atoms with van der Waals surface area (Å²) in [6.45, 7) is 4.51. The van der Waals surface area contributed by atoms with Crippen LogP contribution in [0.25, 0.3) is 10.8 Å². The molecule has 0 N–H and O–H groups in total. The molecule has 1 saturated heterocycles. The van der Waals surface area contributed by atoms with Crippen molar-refractivity contribution in [2.75, 3.05) is 52.2 Å². The number of piperazine rings is 1. The molecule has 0 amide bonds. The van der Waals surface area contributed by atoms with Gasteiger partial charge in [0.15, 0.2) is 0 Å². The zero-order valence-electron chi connectivity index (χ0n) is 12.9. The van der Waals surface area contributed by atoms with Crippen molar-refractivity contribution < 1.29 is 0 Å². The van der Waals surface area contributed by atoms with Gasteiger partial charge in [-0.15, -0.1) is 0 Å². The fourth-order valence-electron chi connectivity index (χ4n) is 2.62. The van der Waals surface area contributed by atoms with E-state index in [1.54, 1.807) is 0 Å². The van der Waals surface area contributed by atoms with Crippen molar-refractivity contribution >= 4 is 28.5 Å². The zero-order valence-corrected chi connectivity index (χ0v) is 13.7. The first-order valence-corrected chi connectivity index (χ1v) is 8.09. The van der Waals surface area contributed by atoms with Gasteiger partial charge in [0.2, 0.25) is 0 Å². The minimum Gasteiger partial charge on any atom is -0.362 e. The maximum absolute atomic E-state index is 4.50. The normalized spacial score (nSPS) is 17.3. The summed E-state index contributed by atoms with van der Waals surface area (Å²) in [6, 6.07) is 8.63. The van der Waals surface area contributed by atoms with Crippen LogP contribution in [0.15, 0.2) is 35.4 Å². The highest BCUT2D eigenvalue weighted by atomic mass is 32.2. The molecule has 1 aromatic carbocycles. The second-order valence-corrected chi connectivity index (χ2v) is 6.84. The third-order valence-electron chi connectivity index (χ3n) is 3.86. The van der Waals surface area contributed by atoms with Crippen LogP contribution < -0.4 is 4.90 Å². The van der Waals surface area contributed by atoms with Gasteiger partial charge < -0.3 is 9.80 Å². The predicted molar refractivity (Wildman–Crippen MR) is 91.0 cm³/mol. The van der Waals surface area contributed by atoms with Gasteiger partial charge in [0, 0.05) is 62.1 Å². The summed E-state index contributed by atoms with van der Waals surface area (Å²) in [5.74, 6) is 1.04. The molecule has 1 aromatic heterocycles. The Bertz CT molecular complexity index is 621. The first kappa shape index (κ1) is 14.6. The fraction of sp³-hybridized carbons (Fsp3) is 0.438. The summed E-state index contributed by atoms with van der Waals surface area (Å²) in [5.41, 5.74) is 0. The Kier molecular flexibility index (Phi) is 4.33. The van der Waals surface area contributed by atoms with Crippen LogP contribution in [0.1, 0.15) is 0 Å². The summed E-state index contributed by atoms with van der Waals surface area (Å²) in [6.07, 6.45) is 1.91. The number of aromatic nitrogens is 1. The van der Waals surface area contributed by atoms with Crippen LogP contribution in [0.5, 0.6) is 0 Å². The lowest BCUT2D eigenvalue weighted by Crippen LogP contribution is -2.40. The van der Waals surface area contributed by atoms with Gasteiger partial charge in [0.1, 0.15) is 5.82 Å². The number of nitrogens with zero attached hydrogens (tertiary/aromatic N) is 4. The number of likely N-dealkylation sites (N-methyl/N-ethyl adjacent to an activating group) is 1. The van der Waals surface area contributed by atoms with Gasteiger partial charge in [0.25, 0.3) is 0 Å². The van der Waals surface area contributed by atoms with Gasteiger partial charge in [-0.25, -0.2) is 9.29 Å². The molecule has 5 heteroatoms. The number of anilines is 1. The lowest BCUT2D eigenvalue weighted by Gasteiger charge is -2.31. The highest BCUT2D eigenvalue weighted by Crippen LogP contribution is 2.33. The maximum atomic E-state index is 4.50. The monoisotopic (exact) mass is 302 g/mol. The van der Waals surface area contributed by atoms with E-state index in [0.29, 0.717) is 0 Å². The summed E-state index contributed by atoms with van der Waals surface area (Å²) < 4.78 is 2.46. The highest BCUT2D eigenvalue weighted by molar-refractivity contribution is 7.97. The predicted octanol–water partition coefficient (Wildman–Crippen LogP) is 2.56. The third kappa shape index (κ3) is 3.15. The molecule has 2 aromatic rings. The van der Waals surface area contributed by atoms with Crippen LogP contribution in [-0.4, -0.2) is 61.5 Å². The lowest BCUT2D eigenvalue weighted by molar-refractivity contribution is 0.233. The summed E-state index contributed by atoms with van der Waals surface area (Å²) in [7, 11) is 6.28. The minimum atomic E-state index is 1.04. The molecular formula is C16H22N4S. The largest absolute Gasteiger partial charge is 0.362 e. The third-order valence-corrected chi connectivity index (χ3v) is 5.03. The molecule has 0 unspecified atom stereocenters. The van der Waals surface area contributed by atoms with E-state index in [1.165, 1.54) is 15.7 Å². The van der Waals surface area contributed by atoms with Gasteiger partial charge in [0.05, 0.1) is 0 Å². The fourth-order valence-corrected chi connectivity index (χ4v) is 3.66. The van der Waals surface area contributed by atoms with Crippen molar-refractivity contribution in [3.63, 3.8) is 0 Å². The average Bonchev–Trinajstić information content (AvgIpc) is 2.49. The van der Waals surface area contributed by atoms with E-state index >= 15 is 0 Å². The van der Waals surface area contributed by atoms with Crippen molar-refractivity contribution in [3.8, 4) is 0 Å². The molecule has 0 radical (unpaired) electrons. The molecule has 1 fully saturated rings. The molecule has 0 atom stereocenters. The number of rotatable bonds is 3. The van der Waals surface area contributed by atoms with Crippen LogP contribution in [0, 0.1) is 0 Å². The standard InChI is InChI=1S/C16H22N4S/c1-18(2)16-14-5-4-6-15(13(14)7-8-17-16)21-20-11-9-19(3)10-12-20/h4-8H,9-12H2,1-3H3. The Labute approximate surface area is 130 Å². The molecule has 0 saturated carbocycles. The van der Waals surface area contributed by atoms with Gasteiger partial charge in [-0.2, -0.15) is 0 Å². The van der Waals surface area contributed by atoms with E-state index < -0.39 is 0 Å². The van der Waals surface area contributed by atoms with E-state index in [-0.39, 0.29) is 0 Å². The van der Waals surface area contributed by atoms with Crippen LogP contribution in [0.4, 0.5) is 5.82 Å². The van der Waals surface area contributed by atoms with E-state index in [0.717, 1.165) is 32.0 Å². The Balaban J connectivity index is 1.90. The first-order chi connectivity index (χ1) is 10.1. The van der Waals surface area contributed by atoms with Crippen molar-refractivity contribution in [2.45, 2.75) is 4.90 Å². The Hall–Kier alpha value is -1.30. The van der Waals surface area contributed by atoms with Gasteiger partial charge >= 0.3 is 0 Å². The molecule has 1 aliphatic heterocycles. The van der Waals surface area contributed by atoms with E-state index in [9.17, 15) is 0 Å². The average molecular weight is 302 g/mol. The Morgan fingerprint density at radius 3 is 2.52 bits per heavy atom. The van der Waals surface area contributed by atoms with Crippen LogP contribution >= 0.6 is 11.9 Å². The molecule has 2 heterocycles. The van der Waals surface area contributed by atoms with Gasteiger partial charge in [-0.1, -0.05) is 12.1 Å². The van der Waals surface area contributed by atoms with Crippen LogP contribution in [-0.2, 0) is 0 Å². The van der Waals surface area contributed by atoms with Gasteiger partial charge in [-0.3, -0.25) is 0 Å². The van der Waals surface area contributed by atoms with Crippen molar-refractivity contribution in [3.05, 3.63) is 30.5 Å². The van der Waals surface area contributed by atoms with Crippen molar-refractivity contribution in [1.82, 2.24) is 14.2 Å². The molecule has 3 rings (SSSR count). The zero-order chi connectivity index (χ0) is 14.8. The molecule has 4 nitrogen and oxygen atoms in total. The summed E-state index contributed by atoms with van der Waals surface area (Å²) >= 11 is 1.88. The number of hydrogen-bond donors (Lipinski definition) is 0.